The van der Waals surface area contributed by atoms with Gasteiger partial charge in [0, 0.05) is 16.6 Å². The van der Waals surface area contributed by atoms with Gasteiger partial charge in [0.15, 0.2) is 11.2 Å². The molecule has 7 heteroatoms. The average molecular weight is 415 g/mol. The van der Waals surface area contributed by atoms with E-state index in [1.807, 2.05) is 13.0 Å². The number of thiazole rings is 1. The van der Waals surface area contributed by atoms with E-state index in [9.17, 15) is 9.59 Å². The van der Waals surface area contributed by atoms with E-state index < -0.39 is 0 Å². The van der Waals surface area contributed by atoms with E-state index >= 15 is 0 Å². The summed E-state index contributed by atoms with van der Waals surface area (Å²) in [6.45, 7) is 8.90. The van der Waals surface area contributed by atoms with Gasteiger partial charge in [-0.3, -0.25) is 14.0 Å². The van der Waals surface area contributed by atoms with Crippen molar-refractivity contribution < 1.29 is 19.1 Å². The lowest BCUT2D eigenvalue weighted by atomic mass is 9.95. The molecule has 0 bridgehead atoms. The molecular weight excluding hydrogens is 388 g/mol. The number of nitrogens with zero attached hydrogens (tertiary/aromatic N) is 2. The number of esters is 1. The van der Waals surface area contributed by atoms with Crippen molar-refractivity contribution in [2.45, 2.75) is 46.5 Å². The zero-order valence-corrected chi connectivity index (χ0v) is 18.0. The van der Waals surface area contributed by atoms with Gasteiger partial charge in [0.05, 0.1) is 19.6 Å². The second-order valence-electron chi connectivity index (χ2n) is 6.79. The maximum absolute atomic E-state index is 12.0. The third kappa shape index (κ3) is 4.34. The van der Waals surface area contributed by atoms with E-state index in [1.165, 1.54) is 16.9 Å². The maximum atomic E-state index is 12.0. The highest BCUT2D eigenvalue weighted by molar-refractivity contribution is 7.17. The van der Waals surface area contributed by atoms with Crippen LogP contribution in [0.15, 0.2) is 24.4 Å². The molecule has 0 spiro atoms. The van der Waals surface area contributed by atoms with Crippen molar-refractivity contribution in [1.82, 2.24) is 9.38 Å². The molecule has 1 aromatic carbocycles. The van der Waals surface area contributed by atoms with Crippen molar-refractivity contribution in [2.24, 2.45) is 0 Å². The summed E-state index contributed by atoms with van der Waals surface area (Å²) in [5.41, 5.74) is 3.05. The second-order valence-corrected chi connectivity index (χ2v) is 7.89. The monoisotopic (exact) mass is 414 g/mol. The van der Waals surface area contributed by atoms with Crippen molar-refractivity contribution >= 4 is 28.6 Å². The Bertz CT molecular complexity index is 1020. The highest BCUT2D eigenvalue weighted by Crippen LogP contribution is 2.36. The van der Waals surface area contributed by atoms with E-state index in [2.05, 4.69) is 26.0 Å². The van der Waals surface area contributed by atoms with Crippen molar-refractivity contribution in [3.63, 3.8) is 0 Å². The number of carbonyl (C=O) groups is 2. The molecule has 6 nitrogen and oxygen atoms in total. The Morgan fingerprint density at radius 1 is 1.28 bits per heavy atom. The van der Waals surface area contributed by atoms with Gasteiger partial charge >= 0.3 is 5.97 Å². The minimum atomic E-state index is -0.287. The number of aromatic nitrogens is 2. The smallest absolute Gasteiger partial charge is 0.311 e. The molecule has 0 aliphatic rings. The topological polar surface area (TPSA) is 69.9 Å². The highest BCUT2D eigenvalue weighted by Gasteiger charge is 2.21. The number of carbonyl (C=O) groups excluding carboxylic acids is 2. The Kier molecular flexibility index (Phi) is 6.69. The Morgan fingerprint density at radius 2 is 2.07 bits per heavy atom. The molecule has 0 amide bonds. The molecule has 154 valence electrons. The Labute approximate surface area is 174 Å². The summed E-state index contributed by atoms with van der Waals surface area (Å²) >= 11 is 1.38. The summed E-state index contributed by atoms with van der Waals surface area (Å²) in [7, 11) is 0. The number of rotatable bonds is 9. The van der Waals surface area contributed by atoms with Gasteiger partial charge < -0.3 is 9.47 Å². The molecule has 1 atom stereocenters. The van der Waals surface area contributed by atoms with Crippen LogP contribution in [0.4, 0.5) is 0 Å². The van der Waals surface area contributed by atoms with Crippen molar-refractivity contribution in [3.8, 4) is 17.0 Å². The highest BCUT2D eigenvalue weighted by atomic mass is 32.1. The summed E-state index contributed by atoms with van der Waals surface area (Å²) in [5, 5.41) is 0. The van der Waals surface area contributed by atoms with Gasteiger partial charge in [0.25, 0.3) is 0 Å². The molecule has 0 N–H and O–H groups in total. The number of imidazole rings is 1. The summed E-state index contributed by atoms with van der Waals surface area (Å²) in [5.74, 6) is 0.814. The van der Waals surface area contributed by atoms with Crippen LogP contribution in [0.5, 0.6) is 5.75 Å². The molecular formula is C22H26N2O4S. The fourth-order valence-electron chi connectivity index (χ4n) is 3.21. The fraction of sp³-hybridized carbons (Fsp3) is 0.409. The summed E-state index contributed by atoms with van der Waals surface area (Å²) in [6.07, 6.45) is 3.78. The van der Waals surface area contributed by atoms with Crippen LogP contribution in [-0.4, -0.2) is 34.9 Å². The predicted octanol–water partition coefficient (Wildman–Crippen LogP) is 4.89. The van der Waals surface area contributed by atoms with Crippen LogP contribution in [0.2, 0.25) is 0 Å². The zero-order chi connectivity index (χ0) is 21.0. The number of fused-ring (bicyclic) bond motifs is 1. The number of hydrogen-bond acceptors (Lipinski definition) is 6. The van der Waals surface area contributed by atoms with Gasteiger partial charge in [0.1, 0.15) is 17.1 Å². The molecule has 2 heterocycles. The van der Waals surface area contributed by atoms with Crippen LogP contribution in [0, 0.1) is 0 Å². The van der Waals surface area contributed by atoms with Crippen LogP contribution < -0.4 is 4.74 Å². The first-order valence-corrected chi connectivity index (χ1v) is 10.7. The van der Waals surface area contributed by atoms with E-state index in [1.54, 1.807) is 17.5 Å². The van der Waals surface area contributed by atoms with Crippen LogP contribution >= 0.6 is 11.3 Å². The molecule has 3 aromatic rings. The first-order valence-electron chi connectivity index (χ1n) is 9.90. The van der Waals surface area contributed by atoms with E-state index in [0.29, 0.717) is 41.2 Å². The average Bonchev–Trinajstić information content (AvgIpc) is 3.24. The lowest BCUT2D eigenvalue weighted by Gasteiger charge is -2.14. The van der Waals surface area contributed by atoms with Crippen LogP contribution in [0.25, 0.3) is 16.2 Å². The first-order chi connectivity index (χ1) is 14.0. The summed E-state index contributed by atoms with van der Waals surface area (Å²) < 4.78 is 12.6. The first kappa shape index (κ1) is 21.0. The number of benzene rings is 1. The zero-order valence-electron chi connectivity index (χ0n) is 17.2. The number of hydrogen-bond donors (Lipinski definition) is 0. The van der Waals surface area contributed by atoms with E-state index in [-0.39, 0.29) is 12.4 Å². The van der Waals surface area contributed by atoms with Crippen LogP contribution in [-0.2, 0) is 16.0 Å². The van der Waals surface area contributed by atoms with Crippen molar-refractivity contribution in [3.05, 3.63) is 40.5 Å². The largest absolute Gasteiger partial charge is 0.493 e. The Hall–Kier alpha value is -2.67. The molecule has 0 saturated carbocycles. The quantitative estimate of drug-likeness (QED) is 0.368. The number of aldehydes is 1. The van der Waals surface area contributed by atoms with Crippen LogP contribution in [0.3, 0.4) is 0 Å². The standard InChI is InChI=1S/C22H26N2O4S/c1-5-14(4)15-8-9-19(27-6-2)17(10-15)21-18(13-25)24-12-16(29-22(24)23-21)11-20(26)28-7-3/h8-10,12-14H,5-7,11H2,1-4H3. The maximum Gasteiger partial charge on any atom is 0.311 e. The lowest BCUT2D eigenvalue weighted by Crippen LogP contribution is -2.06. The van der Waals surface area contributed by atoms with Gasteiger partial charge in [-0.2, -0.15) is 0 Å². The van der Waals surface area contributed by atoms with Gasteiger partial charge in [-0.25, -0.2) is 4.98 Å². The Balaban J connectivity index is 2.08. The van der Waals surface area contributed by atoms with Gasteiger partial charge in [-0.05, 0) is 43.9 Å². The molecule has 3 rings (SSSR count). The molecule has 0 saturated heterocycles. The summed E-state index contributed by atoms with van der Waals surface area (Å²) in [6, 6.07) is 6.09. The fourth-order valence-corrected chi connectivity index (χ4v) is 4.18. The van der Waals surface area contributed by atoms with Crippen molar-refractivity contribution in [1.29, 1.82) is 0 Å². The third-order valence-electron chi connectivity index (χ3n) is 4.89. The molecule has 0 aliphatic heterocycles. The predicted molar refractivity (Wildman–Crippen MR) is 114 cm³/mol. The molecule has 2 aromatic heterocycles. The van der Waals surface area contributed by atoms with E-state index in [4.69, 9.17) is 14.5 Å². The second kappa shape index (κ2) is 9.22. The Morgan fingerprint density at radius 3 is 2.72 bits per heavy atom. The molecule has 0 fully saturated rings. The minimum absolute atomic E-state index is 0.170. The molecule has 0 aliphatic carbocycles. The molecule has 29 heavy (non-hydrogen) atoms. The van der Waals surface area contributed by atoms with Gasteiger partial charge in [0.2, 0.25) is 0 Å². The molecule has 0 radical (unpaired) electrons. The third-order valence-corrected chi connectivity index (χ3v) is 5.87. The SMILES string of the molecule is CCOC(=O)Cc1cn2c(C=O)c(-c3cc(C(C)CC)ccc3OCC)nc2s1. The van der Waals surface area contributed by atoms with Crippen LogP contribution in [0.1, 0.15) is 61.0 Å². The minimum Gasteiger partial charge on any atom is -0.493 e. The lowest BCUT2D eigenvalue weighted by molar-refractivity contribution is -0.142. The summed E-state index contributed by atoms with van der Waals surface area (Å²) in [4.78, 5) is 29.9. The molecule has 1 unspecified atom stereocenters. The van der Waals surface area contributed by atoms with E-state index in [0.717, 1.165) is 23.1 Å². The van der Waals surface area contributed by atoms with Gasteiger partial charge in [-0.1, -0.05) is 19.9 Å². The van der Waals surface area contributed by atoms with Gasteiger partial charge in [-0.15, -0.1) is 11.3 Å². The van der Waals surface area contributed by atoms with Crippen molar-refractivity contribution in [2.75, 3.05) is 13.2 Å². The normalized spacial score (nSPS) is 12.1. The number of ether oxygens (including phenoxy) is 2.